The summed E-state index contributed by atoms with van der Waals surface area (Å²) in [6.45, 7) is 1.36. The van der Waals surface area contributed by atoms with Crippen LogP contribution in [0.2, 0.25) is 0 Å². The number of hydrogen-bond donors (Lipinski definition) is 0. The fourth-order valence-electron chi connectivity index (χ4n) is 1.01. The summed E-state index contributed by atoms with van der Waals surface area (Å²) in [6, 6.07) is 3.36. The van der Waals surface area contributed by atoms with Crippen molar-refractivity contribution < 1.29 is 17.0 Å². The Labute approximate surface area is 102 Å². The van der Waals surface area contributed by atoms with Crippen LogP contribution in [0.5, 0.6) is 0 Å². The molecule has 0 atom stereocenters. The summed E-state index contributed by atoms with van der Waals surface area (Å²) >= 11 is 1.94. The van der Waals surface area contributed by atoms with Crippen molar-refractivity contribution in [3.05, 3.63) is 32.6 Å². The van der Waals surface area contributed by atoms with Crippen molar-refractivity contribution in [1.82, 2.24) is 0 Å². The lowest BCUT2D eigenvalue weighted by Gasteiger charge is -2.07. The highest BCUT2D eigenvalue weighted by atomic mass is 127. The smallest absolute Gasteiger partial charge is 0.264 e. The fourth-order valence-corrected chi connectivity index (χ4v) is 1.92. The quantitative estimate of drug-likeness (QED) is 0.624. The molecule has 0 saturated heterocycles. The Balaban J connectivity index is 2.99. The summed E-state index contributed by atoms with van der Waals surface area (Å²) in [5.74, 6) is -0.412. The molecule has 3 nitrogen and oxygen atoms in total. The Morgan fingerprint density at radius 2 is 2.07 bits per heavy atom. The lowest BCUT2D eigenvalue weighted by molar-refractivity contribution is 0.304. The minimum atomic E-state index is -3.54. The normalized spacial score (nSPS) is 11.7. The molecule has 0 radical (unpaired) electrons. The summed E-state index contributed by atoms with van der Waals surface area (Å²) in [7, 11) is -3.54. The van der Waals surface area contributed by atoms with E-state index in [0.717, 1.165) is 6.26 Å². The van der Waals surface area contributed by atoms with E-state index in [1.807, 2.05) is 22.6 Å². The molecule has 0 aliphatic rings. The van der Waals surface area contributed by atoms with Gasteiger partial charge in [0, 0.05) is 9.13 Å². The van der Waals surface area contributed by atoms with Gasteiger partial charge in [0.15, 0.2) is 0 Å². The van der Waals surface area contributed by atoms with Crippen molar-refractivity contribution >= 4 is 32.7 Å². The van der Waals surface area contributed by atoms with Crippen molar-refractivity contribution in [3.8, 4) is 0 Å². The highest BCUT2D eigenvalue weighted by molar-refractivity contribution is 14.1. The maximum Gasteiger partial charge on any atom is 0.264 e. The Bertz CT molecular complexity index is 470. The highest BCUT2D eigenvalue weighted by Gasteiger charge is 2.12. The number of hydrogen-bond acceptors (Lipinski definition) is 3. The first-order valence-corrected chi connectivity index (χ1v) is 6.98. The molecule has 0 fully saturated rings. The molecule has 0 amide bonds. The predicted molar refractivity (Wildman–Crippen MR) is 63.5 cm³/mol. The van der Waals surface area contributed by atoms with Crippen LogP contribution in [0.1, 0.15) is 11.1 Å². The van der Waals surface area contributed by atoms with Crippen LogP contribution in [0.25, 0.3) is 0 Å². The van der Waals surface area contributed by atoms with Gasteiger partial charge < -0.3 is 0 Å². The first-order chi connectivity index (χ1) is 6.81. The lowest BCUT2D eigenvalue weighted by atomic mass is 10.1. The SMILES string of the molecule is Cc1ccc(I)c(COS(C)(=O)=O)c1F. The average Bonchev–Trinajstić information content (AvgIpc) is 2.10. The summed E-state index contributed by atoms with van der Waals surface area (Å²) in [4.78, 5) is 0. The van der Waals surface area contributed by atoms with Crippen LogP contribution in [0, 0.1) is 16.3 Å². The molecule has 0 aliphatic heterocycles. The van der Waals surface area contributed by atoms with Crippen LogP contribution in [-0.4, -0.2) is 14.7 Å². The van der Waals surface area contributed by atoms with Gasteiger partial charge in [-0.1, -0.05) is 6.07 Å². The third-order valence-electron chi connectivity index (χ3n) is 1.80. The molecule has 84 valence electrons. The number of aryl methyl sites for hydroxylation is 1. The Hall–Kier alpha value is -0.210. The molecule has 0 heterocycles. The van der Waals surface area contributed by atoms with Crippen LogP contribution >= 0.6 is 22.6 Å². The molecule has 1 aromatic carbocycles. The van der Waals surface area contributed by atoms with Crippen LogP contribution in [0.3, 0.4) is 0 Å². The maximum absolute atomic E-state index is 13.6. The van der Waals surface area contributed by atoms with Crippen LogP contribution in [-0.2, 0) is 20.9 Å². The van der Waals surface area contributed by atoms with E-state index in [0.29, 0.717) is 9.13 Å². The van der Waals surface area contributed by atoms with Crippen molar-refractivity contribution in [1.29, 1.82) is 0 Å². The molecule has 1 rings (SSSR count). The van der Waals surface area contributed by atoms with Crippen molar-refractivity contribution in [2.24, 2.45) is 0 Å². The van der Waals surface area contributed by atoms with E-state index in [9.17, 15) is 12.8 Å². The minimum absolute atomic E-state index is 0.259. The Morgan fingerprint density at radius 1 is 1.47 bits per heavy atom. The molecule has 0 spiro atoms. The second kappa shape index (κ2) is 4.75. The predicted octanol–water partition coefficient (Wildman–Crippen LogP) is 2.21. The zero-order valence-electron chi connectivity index (χ0n) is 8.25. The maximum atomic E-state index is 13.6. The molecule has 0 aliphatic carbocycles. The van der Waals surface area contributed by atoms with Gasteiger partial charge in [-0.25, -0.2) is 4.39 Å². The van der Waals surface area contributed by atoms with E-state index < -0.39 is 15.9 Å². The van der Waals surface area contributed by atoms with Crippen LogP contribution < -0.4 is 0 Å². The summed E-state index contributed by atoms with van der Waals surface area (Å²) in [5.41, 5.74) is 0.753. The van der Waals surface area contributed by atoms with Crippen molar-refractivity contribution in [3.63, 3.8) is 0 Å². The minimum Gasteiger partial charge on any atom is -0.265 e. The van der Waals surface area contributed by atoms with Gasteiger partial charge >= 0.3 is 0 Å². The van der Waals surface area contributed by atoms with Crippen LogP contribution in [0.4, 0.5) is 4.39 Å². The van der Waals surface area contributed by atoms with Gasteiger partial charge in [-0.3, -0.25) is 4.18 Å². The van der Waals surface area contributed by atoms with E-state index in [1.165, 1.54) is 0 Å². The molecule has 15 heavy (non-hydrogen) atoms. The van der Waals surface area contributed by atoms with Gasteiger partial charge in [0.1, 0.15) is 5.82 Å². The molecule has 0 aromatic heterocycles. The number of rotatable bonds is 3. The summed E-state index contributed by atoms with van der Waals surface area (Å²) in [5, 5.41) is 0. The molecule has 1 aromatic rings. The van der Waals surface area contributed by atoms with Gasteiger partial charge in [-0.15, -0.1) is 0 Å². The van der Waals surface area contributed by atoms with E-state index in [1.54, 1.807) is 19.1 Å². The monoisotopic (exact) mass is 344 g/mol. The third-order valence-corrected chi connectivity index (χ3v) is 3.35. The van der Waals surface area contributed by atoms with Gasteiger partial charge in [-0.2, -0.15) is 8.42 Å². The molecule has 0 N–H and O–H groups in total. The van der Waals surface area contributed by atoms with E-state index >= 15 is 0 Å². The average molecular weight is 344 g/mol. The standard InChI is InChI=1S/C9H10FIO3S/c1-6-3-4-8(11)7(9(6)10)5-14-15(2,12)13/h3-4H,5H2,1-2H3. The first kappa shape index (κ1) is 12.9. The van der Waals surface area contributed by atoms with E-state index in [-0.39, 0.29) is 12.2 Å². The third kappa shape index (κ3) is 3.69. The molecule has 0 bridgehead atoms. The topological polar surface area (TPSA) is 43.4 Å². The zero-order chi connectivity index (χ0) is 11.6. The Morgan fingerprint density at radius 3 is 2.60 bits per heavy atom. The van der Waals surface area contributed by atoms with Gasteiger partial charge in [0.2, 0.25) is 0 Å². The lowest BCUT2D eigenvalue weighted by Crippen LogP contribution is -2.06. The largest absolute Gasteiger partial charge is 0.265 e. The molecule has 0 unspecified atom stereocenters. The van der Waals surface area contributed by atoms with E-state index in [2.05, 4.69) is 4.18 Å². The van der Waals surface area contributed by atoms with Gasteiger partial charge in [0.05, 0.1) is 12.9 Å². The number of halogens is 2. The fraction of sp³-hybridized carbons (Fsp3) is 0.333. The van der Waals surface area contributed by atoms with E-state index in [4.69, 9.17) is 0 Å². The number of benzene rings is 1. The van der Waals surface area contributed by atoms with Crippen LogP contribution in [0.15, 0.2) is 12.1 Å². The highest BCUT2D eigenvalue weighted by Crippen LogP contribution is 2.20. The van der Waals surface area contributed by atoms with Gasteiger partial charge in [0.25, 0.3) is 10.1 Å². The second-order valence-electron chi connectivity index (χ2n) is 3.12. The molecule has 0 saturated carbocycles. The Kier molecular flexibility index (Phi) is 4.07. The molecular weight excluding hydrogens is 334 g/mol. The van der Waals surface area contributed by atoms with Crippen molar-refractivity contribution in [2.75, 3.05) is 6.26 Å². The first-order valence-electron chi connectivity index (χ1n) is 4.09. The summed E-state index contributed by atoms with van der Waals surface area (Å²) < 4.78 is 40.3. The summed E-state index contributed by atoms with van der Waals surface area (Å²) in [6.07, 6.45) is 0.938. The molecule has 6 heteroatoms. The van der Waals surface area contributed by atoms with Gasteiger partial charge in [-0.05, 0) is 41.1 Å². The van der Waals surface area contributed by atoms with Crippen molar-refractivity contribution in [2.45, 2.75) is 13.5 Å². The second-order valence-corrected chi connectivity index (χ2v) is 5.93. The molecular formula is C9H10FIO3S. The zero-order valence-corrected chi connectivity index (χ0v) is 11.2.